The van der Waals surface area contributed by atoms with Crippen molar-refractivity contribution < 1.29 is 33.6 Å². The number of benzene rings is 2. The van der Waals surface area contributed by atoms with Crippen LogP contribution in [0.25, 0.3) is 0 Å². The molecule has 0 saturated carbocycles. The van der Waals surface area contributed by atoms with E-state index in [-0.39, 0.29) is 22.8 Å². The number of aryl methyl sites for hydroxylation is 1. The van der Waals surface area contributed by atoms with Gasteiger partial charge in [0.25, 0.3) is 5.91 Å². The predicted octanol–water partition coefficient (Wildman–Crippen LogP) is 2.22. The second-order valence-corrected chi connectivity index (χ2v) is 7.13. The summed E-state index contributed by atoms with van der Waals surface area (Å²) in [7, 11) is 4.25. The summed E-state index contributed by atoms with van der Waals surface area (Å²) in [5.74, 6) is -1.30. The standard InChI is InChI=1S/C21H19N3O8/c1-10-7-14(24(27)28)16(31-4)9-13(10)23-20(25)17-18(22-32-19(17)21(23)26)12-6-5-11(29-2)8-15(12)30-3/h5-9,17,19H,1-4H3/t17-,19-/m0/s1. The molecule has 0 aliphatic carbocycles. The maximum atomic E-state index is 13.4. The van der Waals surface area contributed by atoms with Gasteiger partial charge in [0.15, 0.2) is 5.75 Å². The first-order chi connectivity index (χ1) is 15.3. The normalized spacial score (nSPS) is 19.4. The molecule has 11 heteroatoms. The second kappa shape index (κ2) is 7.84. The van der Waals surface area contributed by atoms with Gasteiger partial charge in [-0.3, -0.25) is 19.7 Å². The van der Waals surface area contributed by atoms with Gasteiger partial charge in [0.05, 0.1) is 31.9 Å². The fourth-order valence-electron chi connectivity index (χ4n) is 3.86. The van der Waals surface area contributed by atoms with Crippen LogP contribution in [0.15, 0.2) is 35.5 Å². The Kier molecular flexibility index (Phi) is 5.17. The van der Waals surface area contributed by atoms with Crippen molar-refractivity contribution in [3.8, 4) is 17.2 Å². The number of nitro groups is 1. The number of methoxy groups -OCH3 is 3. The average molecular weight is 441 g/mol. The van der Waals surface area contributed by atoms with E-state index >= 15 is 0 Å². The van der Waals surface area contributed by atoms with Crippen molar-refractivity contribution >= 4 is 28.9 Å². The maximum absolute atomic E-state index is 13.4. The zero-order valence-corrected chi connectivity index (χ0v) is 17.6. The summed E-state index contributed by atoms with van der Waals surface area (Å²) in [5, 5.41) is 15.3. The van der Waals surface area contributed by atoms with Crippen LogP contribution in [-0.4, -0.2) is 49.9 Å². The molecule has 1 fully saturated rings. The Hall–Kier alpha value is -4.15. The highest BCUT2D eigenvalue weighted by Gasteiger charge is 2.57. The quantitative estimate of drug-likeness (QED) is 0.379. The van der Waals surface area contributed by atoms with E-state index in [9.17, 15) is 19.7 Å². The zero-order chi connectivity index (χ0) is 23.2. The number of nitro benzene ring substituents is 1. The van der Waals surface area contributed by atoms with Gasteiger partial charge in [0.1, 0.15) is 23.1 Å². The van der Waals surface area contributed by atoms with E-state index in [4.69, 9.17) is 19.0 Å². The van der Waals surface area contributed by atoms with E-state index < -0.39 is 28.8 Å². The molecule has 2 atom stereocenters. The Bertz CT molecular complexity index is 1180. The minimum atomic E-state index is -1.15. The number of imide groups is 1. The molecule has 0 spiro atoms. The number of ether oxygens (including phenoxy) is 3. The summed E-state index contributed by atoms with van der Waals surface area (Å²) in [6.45, 7) is 1.57. The first-order valence-electron chi connectivity index (χ1n) is 9.49. The summed E-state index contributed by atoms with van der Waals surface area (Å²) < 4.78 is 15.7. The second-order valence-electron chi connectivity index (χ2n) is 7.13. The van der Waals surface area contributed by atoms with Gasteiger partial charge in [0, 0.05) is 23.8 Å². The molecule has 0 unspecified atom stereocenters. The molecule has 0 aromatic heterocycles. The maximum Gasteiger partial charge on any atom is 0.311 e. The molecule has 11 nitrogen and oxygen atoms in total. The van der Waals surface area contributed by atoms with Gasteiger partial charge < -0.3 is 19.0 Å². The molecular weight excluding hydrogens is 422 g/mol. The van der Waals surface area contributed by atoms with Gasteiger partial charge in [-0.2, -0.15) is 0 Å². The highest BCUT2D eigenvalue weighted by Crippen LogP contribution is 2.41. The highest BCUT2D eigenvalue weighted by atomic mass is 16.7. The van der Waals surface area contributed by atoms with E-state index in [1.54, 1.807) is 25.1 Å². The van der Waals surface area contributed by atoms with E-state index in [0.717, 1.165) is 4.90 Å². The highest BCUT2D eigenvalue weighted by molar-refractivity contribution is 6.33. The van der Waals surface area contributed by atoms with Crippen molar-refractivity contribution in [1.82, 2.24) is 0 Å². The minimum absolute atomic E-state index is 0.0695. The smallest absolute Gasteiger partial charge is 0.311 e. The molecule has 2 aliphatic rings. The molecule has 2 aromatic rings. The molecule has 2 aliphatic heterocycles. The van der Waals surface area contributed by atoms with Crippen LogP contribution in [0, 0.1) is 23.0 Å². The summed E-state index contributed by atoms with van der Waals surface area (Å²) >= 11 is 0. The minimum Gasteiger partial charge on any atom is -0.497 e. The molecule has 2 amide bonds. The number of carbonyl (C=O) groups is 2. The third-order valence-electron chi connectivity index (χ3n) is 5.43. The van der Waals surface area contributed by atoms with Crippen molar-refractivity contribution in [2.24, 2.45) is 11.1 Å². The van der Waals surface area contributed by atoms with Gasteiger partial charge in [-0.15, -0.1) is 0 Å². The molecule has 1 saturated heterocycles. The molecule has 0 bridgehead atoms. The SMILES string of the molecule is COc1ccc(C2=NO[C@@H]3C(=O)N(c4cc(OC)c([N+](=O)[O-])cc4C)C(=O)[C@@H]23)c(OC)c1. The third kappa shape index (κ3) is 3.09. The monoisotopic (exact) mass is 441 g/mol. The molecular formula is C21H19N3O8. The lowest BCUT2D eigenvalue weighted by Gasteiger charge is -2.19. The Morgan fingerprint density at radius 3 is 2.38 bits per heavy atom. The molecule has 4 rings (SSSR count). The van der Waals surface area contributed by atoms with E-state index in [1.807, 2.05) is 0 Å². The van der Waals surface area contributed by atoms with Gasteiger partial charge in [-0.25, -0.2) is 4.90 Å². The Balaban J connectivity index is 1.75. The molecule has 2 aromatic carbocycles. The fraction of sp³-hybridized carbons (Fsp3) is 0.286. The number of amides is 2. The van der Waals surface area contributed by atoms with Crippen LogP contribution < -0.4 is 19.1 Å². The first kappa shape index (κ1) is 21.1. The summed E-state index contributed by atoms with van der Waals surface area (Å²) in [6, 6.07) is 7.54. The number of anilines is 1. The molecule has 0 N–H and O–H groups in total. The predicted molar refractivity (Wildman–Crippen MR) is 111 cm³/mol. The summed E-state index contributed by atoms with van der Waals surface area (Å²) in [6.07, 6.45) is -1.15. The van der Waals surface area contributed by atoms with Gasteiger partial charge >= 0.3 is 5.69 Å². The number of hydrogen-bond donors (Lipinski definition) is 0. The molecule has 0 radical (unpaired) electrons. The summed E-state index contributed by atoms with van der Waals surface area (Å²) in [5.41, 5.74) is 1.01. The summed E-state index contributed by atoms with van der Waals surface area (Å²) in [4.78, 5) is 43.4. The van der Waals surface area contributed by atoms with Gasteiger partial charge in [-0.1, -0.05) is 5.16 Å². The average Bonchev–Trinajstić information content (AvgIpc) is 3.33. The van der Waals surface area contributed by atoms with Gasteiger partial charge in [0.2, 0.25) is 12.0 Å². The number of fused-ring (bicyclic) bond motifs is 1. The number of oxime groups is 1. The van der Waals surface area contributed by atoms with Crippen LogP contribution in [-0.2, 0) is 14.4 Å². The number of carbonyl (C=O) groups excluding carboxylic acids is 2. The van der Waals surface area contributed by atoms with Crippen LogP contribution in [0.1, 0.15) is 11.1 Å². The van der Waals surface area contributed by atoms with Crippen molar-refractivity contribution in [3.05, 3.63) is 51.6 Å². The van der Waals surface area contributed by atoms with Crippen molar-refractivity contribution in [3.63, 3.8) is 0 Å². The third-order valence-corrected chi connectivity index (χ3v) is 5.43. The van der Waals surface area contributed by atoms with Crippen LogP contribution in [0.3, 0.4) is 0 Å². The van der Waals surface area contributed by atoms with Crippen LogP contribution in [0.5, 0.6) is 17.2 Å². The fourth-order valence-corrected chi connectivity index (χ4v) is 3.86. The lowest BCUT2D eigenvalue weighted by atomic mass is 9.93. The Morgan fingerprint density at radius 2 is 1.75 bits per heavy atom. The van der Waals surface area contributed by atoms with Crippen molar-refractivity contribution in [1.29, 1.82) is 0 Å². The molecule has 32 heavy (non-hydrogen) atoms. The zero-order valence-electron chi connectivity index (χ0n) is 17.6. The number of rotatable bonds is 6. The molecule has 166 valence electrons. The van der Waals surface area contributed by atoms with Crippen LogP contribution in [0.2, 0.25) is 0 Å². The Morgan fingerprint density at radius 1 is 1.03 bits per heavy atom. The number of nitrogens with zero attached hydrogens (tertiary/aromatic N) is 3. The number of hydrogen-bond acceptors (Lipinski definition) is 9. The molecule has 2 heterocycles. The van der Waals surface area contributed by atoms with Crippen LogP contribution >= 0.6 is 0 Å². The first-order valence-corrected chi connectivity index (χ1v) is 9.49. The van der Waals surface area contributed by atoms with E-state index in [2.05, 4.69) is 5.16 Å². The largest absolute Gasteiger partial charge is 0.497 e. The lowest BCUT2D eigenvalue weighted by Crippen LogP contribution is -2.33. The van der Waals surface area contributed by atoms with Crippen LogP contribution in [0.4, 0.5) is 11.4 Å². The van der Waals surface area contributed by atoms with Gasteiger partial charge in [-0.05, 0) is 24.6 Å². The van der Waals surface area contributed by atoms with Crippen molar-refractivity contribution in [2.75, 3.05) is 26.2 Å². The lowest BCUT2D eigenvalue weighted by molar-refractivity contribution is -0.385. The Labute approximate surface area is 182 Å². The van der Waals surface area contributed by atoms with E-state index in [1.165, 1.54) is 33.5 Å². The van der Waals surface area contributed by atoms with E-state index in [0.29, 0.717) is 22.6 Å². The topological polar surface area (TPSA) is 130 Å². The van der Waals surface area contributed by atoms with Crippen molar-refractivity contribution in [2.45, 2.75) is 13.0 Å².